The first-order valence-electron chi connectivity index (χ1n) is 9.45. The average molecular weight is 412 g/mol. The Morgan fingerprint density at radius 2 is 1.93 bits per heavy atom. The predicted molar refractivity (Wildman–Crippen MR) is 111 cm³/mol. The first kappa shape index (κ1) is 19.4. The molecule has 1 amide bonds. The lowest BCUT2D eigenvalue weighted by atomic mass is 10.1. The summed E-state index contributed by atoms with van der Waals surface area (Å²) in [6.07, 6.45) is 0.485. The molecule has 2 heterocycles. The third-order valence-corrected chi connectivity index (χ3v) is 5.63. The standard InChI is InChI=1S/C21H21FN4O2S/c22-17-8-4-7-16(14-17)19(27)23-18(13-15-5-2-1-3-6-15)20-24-25-21(28-20)26-9-11-29-12-10-26/h1-8,14,18H,9-13H2,(H,23,27)/t18-/m1/s1. The van der Waals surface area contributed by atoms with E-state index >= 15 is 0 Å². The number of aromatic nitrogens is 2. The molecule has 6 nitrogen and oxygen atoms in total. The Hall–Kier alpha value is -2.87. The molecule has 150 valence electrons. The monoisotopic (exact) mass is 412 g/mol. The van der Waals surface area contributed by atoms with Crippen molar-refractivity contribution in [1.29, 1.82) is 0 Å². The van der Waals surface area contributed by atoms with E-state index in [0.717, 1.165) is 30.2 Å². The molecule has 0 bridgehead atoms. The third-order valence-electron chi connectivity index (χ3n) is 4.68. The first-order valence-corrected chi connectivity index (χ1v) is 10.6. The number of hydrogen-bond donors (Lipinski definition) is 1. The van der Waals surface area contributed by atoms with E-state index in [0.29, 0.717) is 18.3 Å². The van der Waals surface area contributed by atoms with Crippen molar-refractivity contribution in [3.8, 4) is 0 Å². The lowest BCUT2D eigenvalue weighted by Gasteiger charge is -2.24. The van der Waals surface area contributed by atoms with Gasteiger partial charge < -0.3 is 14.6 Å². The molecule has 0 unspecified atom stereocenters. The number of amides is 1. The lowest BCUT2D eigenvalue weighted by Crippen LogP contribution is -2.32. The van der Waals surface area contributed by atoms with E-state index in [9.17, 15) is 9.18 Å². The predicted octanol–water partition coefficient (Wildman–Crippen LogP) is 3.48. The number of carbonyl (C=O) groups is 1. The maximum atomic E-state index is 13.5. The van der Waals surface area contributed by atoms with Crippen LogP contribution in [0.2, 0.25) is 0 Å². The van der Waals surface area contributed by atoms with Crippen molar-refractivity contribution in [2.24, 2.45) is 0 Å². The van der Waals surface area contributed by atoms with Crippen molar-refractivity contribution in [2.75, 3.05) is 29.5 Å². The van der Waals surface area contributed by atoms with Gasteiger partial charge in [-0.05, 0) is 23.8 Å². The van der Waals surface area contributed by atoms with Crippen molar-refractivity contribution >= 4 is 23.7 Å². The normalized spacial score (nSPS) is 15.1. The van der Waals surface area contributed by atoms with E-state index in [1.807, 2.05) is 42.1 Å². The molecule has 1 aromatic heterocycles. The van der Waals surface area contributed by atoms with Gasteiger partial charge in [0.15, 0.2) is 0 Å². The lowest BCUT2D eigenvalue weighted by molar-refractivity contribution is 0.0929. The third kappa shape index (κ3) is 4.95. The van der Waals surface area contributed by atoms with Crippen LogP contribution in [0, 0.1) is 5.82 Å². The van der Waals surface area contributed by atoms with Crippen LogP contribution in [0.3, 0.4) is 0 Å². The van der Waals surface area contributed by atoms with Gasteiger partial charge in [0.1, 0.15) is 11.9 Å². The van der Waals surface area contributed by atoms with Crippen LogP contribution in [0.4, 0.5) is 10.4 Å². The van der Waals surface area contributed by atoms with Crippen LogP contribution < -0.4 is 10.2 Å². The summed E-state index contributed by atoms with van der Waals surface area (Å²) in [4.78, 5) is 14.8. The number of thioether (sulfide) groups is 1. The molecule has 1 aliphatic rings. The second-order valence-electron chi connectivity index (χ2n) is 6.75. The van der Waals surface area contributed by atoms with Gasteiger partial charge >= 0.3 is 6.01 Å². The smallest absolute Gasteiger partial charge is 0.318 e. The summed E-state index contributed by atoms with van der Waals surface area (Å²) in [6.45, 7) is 1.70. The highest BCUT2D eigenvalue weighted by molar-refractivity contribution is 7.99. The second-order valence-corrected chi connectivity index (χ2v) is 7.97. The van der Waals surface area contributed by atoms with Gasteiger partial charge in [-0.3, -0.25) is 4.79 Å². The van der Waals surface area contributed by atoms with Gasteiger partial charge in [-0.1, -0.05) is 41.5 Å². The Balaban J connectivity index is 1.56. The van der Waals surface area contributed by atoms with Crippen LogP contribution in [0.5, 0.6) is 0 Å². The minimum atomic E-state index is -0.520. The van der Waals surface area contributed by atoms with E-state index in [1.165, 1.54) is 18.2 Å². The molecule has 0 radical (unpaired) electrons. The topological polar surface area (TPSA) is 71.3 Å². The van der Waals surface area contributed by atoms with Crippen molar-refractivity contribution in [3.63, 3.8) is 0 Å². The van der Waals surface area contributed by atoms with Gasteiger partial charge in [0.2, 0.25) is 5.89 Å². The zero-order chi connectivity index (χ0) is 20.1. The zero-order valence-corrected chi connectivity index (χ0v) is 16.6. The number of hydrogen-bond acceptors (Lipinski definition) is 6. The number of carbonyl (C=O) groups excluding carboxylic acids is 1. The molecule has 0 aliphatic carbocycles. The number of nitrogens with one attached hydrogen (secondary N) is 1. The number of anilines is 1. The molecule has 1 atom stereocenters. The highest BCUT2D eigenvalue weighted by atomic mass is 32.2. The molecule has 0 saturated carbocycles. The fraction of sp³-hybridized carbons (Fsp3) is 0.286. The number of nitrogens with zero attached hydrogens (tertiary/aromatic N) is 3. The molecule has 4 rings (SSSR count). The largest absolute Gasteiger partial charge is 0.406 e. The molecule has 2 aromatic carbocycles. The van der Waals surface area contributed by atoms with Crippen LogP contribution >= 0.6 is 11.8 Å². The Labute approximate surface area is 172 Å². The highest BCUT2D eigenvalue weighted by Crippen LogP contribution is 2.23. The second kappa shape index (κ2) is 9.09. The molecule has 0 spiro atoms. The Kier molecular flexibility index (Phi) is 6.09. The zero-order valence-electron chi connectivity index (χ0n) is 15.8. The van der Waals surface area contributed by atoms with Gasteiger partial charge in [0, 0.05) is 36.6 Å². The number of rotatable bonds is 6. The van der Waals surface area contributed by atoms with Crippen LogP contribution in [-0.2, 0) is 6.42 Å². The van der Waals surface area contributed by atoms with Crippen LogP contribution in [0.15, 0.2) is 59.0 Å². The molecular formula is C21H21FN4O2S. The van der Waals surface area contributed by atoms with E-state index in [2.05, 4.69) is 20.4 Å². The van der Waals surface area contributed by atoms with Crippen molar-refractivity contribution < 1.29 is 13.6 Å². The first-order chi connectivity index (χ1) is 14.2. The summed E-state index contributed by atoms with van der Waals surface area (Å²) in [6, 6.07) is 15.3. The molecule has 1 fully saturated rings. The minimum Gasteiger partial charge on any atom is -0.406 e. The number of benzene rings is 2. The van der Waals surface area contributed by atoms with E-state index in [4.69, 9.17) is 4.42 Å². The van der Waals surface area contributed by atoms with Crippen LogP contribution in [0.1, 0.15) is 27.9 Å². The van der Waals surface area contributed by atoms with Crippen LogP contribution in [0.25, 0.3) is 0 Å². The molecular weight excluding hydrogens is 391 g/mol. The van der Waals surface area contributed by atoms with Gasteiger partial charge in [-0.15, -0.1) is 5.10 Å². The van der Waals surface area contributed by atoms with E-state index < -0.39 is 11.9 Å². The van der Waals surface area contributed by atoms with Gasteiger partial charge in [0.25, 0.3) is 5.91 Å². The summed E-state index contributed by atoms with van der Waals surface area (Å²) >= 11 is 1.90. The number of halogens is 1. The quantitative estimate of drug-likeness (QED) is 0.668. The molecule has 3 aromatic rings. The van der Waals surface area contributed by atoms with Gasteiger partial charge in [0.05, 0.1) is 0 Å². The van der Waals surface area contributed by atoms with Gasteiger partial charge in [-0.25, -0.2) is 4.39 Å². The SMILES string of the molecule is O=C(N[C@H](Cc1ccccc1)c1nnc(N2CCSCC2)o1)c1cccc(F)c1. The summed E-state index contributed by atoms with van der Waals surface area (Å²) in [7, 11) is 0. The summed E-state index contributed by atoms with van der Waals surface area (Å²) in [5.41, 5.74) is 1.27. The van der Waals surface area contributed by atoms with E-state index in [1.54, 1.807) is 6.07 Å². The highest BCUT2D eigenvalue weighted by Gasteiger charge is 2.25. The fourth-order valence-electron chi connectivity index (χ4n) is 3.17. The maximum Gasteiger partial charge on any atom is 0.318 e. The van der Waals surface area contributed by atoms with Crippen molar-refractivity contribution in [2.45, 2.75) is 12.5 Å². The fourth-order valence-corrected chi connectivity index (χ4v) is 4.07. The van der Waals surface area contributed by atoms with Crippen molar-refractivity contribution in [3.05, 3.63) is 77.4 Å². The molecule has 8 heteroatoms. The maximum absolute atomic E-state index is 13.5. The summed E-state index contributed by atoms with van der Waals surface area (Å²) in [5.74, 6) is 1.52. The van der Waals surface area contributed by atoms with Crippen LogP contribution in [-0.4, -0.2) is 40.7 Å². The van der Waals surface area contributed by atoms with E-state index in [-0.39, 0.29) is 11.5 Å². The molecule has 1 aliphatic heterocycles. The molecule has 1 N–H and O–H groups in total. The minimum absolute atomic E-state index is 0.246. The van der Waals surface area contributed by atoms with Gasteiger partial charge in [-0.2, -0.15) is 11.8 Å². The van der Waals surface area contributed by atoms with Crippen molar-refractivity contribution in [1.82, 2.24) is 15.5 Å². The Morgan fingerprint density at radius 1 is 1.14 bits per heavy atom. The molecule has 29 heavy (non-hydrogen) atoms. The summed E-state index contributed by atoms with van der Waals surface area (Å²) < 4.78 is 19.4. The molecule has 1 saturated heterocycles. The Morgan fingerprint density at radius 3 is 2.69 bits per heavy atom. The Bertz CT molecular complexity index is 960. The summed E-state index contributed by atoms with van der Waals surface area (Å²) in [5, 5.41) is 11.3. The average Bonchev–Trinajstić information content (AvgIpc) is 3.25.